The van der Waals surface area contributed by atoms with E-state index < -0.39 is 0 Å². The summed E-state index contributed by atoms with van der Waals surface area (Å²) in [5.74, 6) is 6.67. The second-order valence-corrected chi connectivity index (χ2v) is 9.74. The summed E-state index contributed by atoms with van der Waals surface area (Å²) in [6.45, 7) is 2.19. The molecule has 0 aliphatic heterocycles. The highest BCUT2D eigenvalue weighted by Gasteiger charge is 2.53. The molecule has 0 saturated carbocycles. The highest BCUT2D eigenvalue weighted by Crippen LogP contribution is 2.64. The zero-order chi connectivity index (χ0) is 22.9. The molecule has 7 rings (SSSR count). The number of benzene rings is 4. The third-order valence-corrected chi connectivity index (χ3v) is 7.78. The molecule has 0 N–H and O–H groups in total. The molecule has 3 aliphatic rings. The molecule has 3 aliphatic carbocycles. The third-order valence-electron chi connectivity index (χ3n) is 7.54. The monoisotopic (exact) mass is 452 g/mol. The third kappa shape index (κ3) is 2.46. The van der Waals surface area contributed by atoms with Crippen LogP contribution in [0.3, 0.4) is 0 Å². The van der Waals surface area contributed by atoms with Crippen LogP contribution in [-0.2, 0) is 5.41 Å². The Morgan fingerprint density at radius 3 is 2.50 bits per heavy atom. The molecule has 0 aromatic heterocycles. The summed E-state index contributed by atoms with van der Waals surface area (Å²) in [4.78, 5) is 0. The maximum Gasteiger partial charge on any atom is 0.0703 e. The highest BCUT2D eigenvalue weighted by atomic mass is 35.5. The first-order chi connectivity index (χ1) is 16.7. The van der Waals surface area contributed by atoms with Gasteiger partial charge < -0.3 is 0 Å². The van der Waals surface area contributed by atoms with Crippen LogP contribution >= 0.6 is 11.6 Å². The van der Waals surface area contributed by atoms with Crippen LogP contribution in [0.5, 0.6) is 0 Å². The van der Waals surface area contributed by atoms with Gasteiger partial charge in [0.05, 0.1) is 5.41 Å². The second kappa shape index (κ2) is 7.10. The summed E-state index contributed by atoms with van der Waals surface area (Å²) in [6, 6.07) is 30.8. The summed E-state index contributed by atoms with van der Waals surface area (Å²) in [6.07, 6.45) is 4.98. The van der Waals surface area contributed by atoms with Crippen molar-refractivity contribution in [3.63, 3.8) is 0 Å². The van der Waals surface area contributed by atoms with Gasteiger partial charge in [0.15, 0.2) is 0 Å². The van der Waals surface area contributed by atoms with E-state index in [-0.39, 0.29) is 5.41 Å². The zero-order valence-electron chi connectivity index (χ0n) is 18.8. The minimum atomic E-state index is -0.370. The molecule has 34 heavy (non-hydrogen) atoms. The van der Waals surface area contributed by atoms with Gasteiger partial charge in [-0.3, -0.25) is 0 Å². The molecule has 160 valence electrons. The Hall–Kier alpha value is -3.79. The van der Waals surface area contributed by atoms with E-state index in [4.69, 9.17) is 11.6 Å². The number of rotatable bonds is 1. The molecule has 1 heteroatoms. The molecule has 0 amide bonds. The van der Waals surface area contributed by atoms with Gasteiger partial charge in [-0.15, -0.1) is 0 Å². The summed E-state index contributed by atoms with van der Waals surface area (Å²) < 4.78 is 0. The fourth-order valence-electron chi connectivity index (χ4n) is 6.32. The van der Waals surface area contributed by atoms with E-state index in [1.54, 1.807) is 0 Å². The maximum atomic E-state index is 6.48. The lowest BCUT2D eigenvalue weighted by atomic mass is 9.67. The van der Waals surface area contributed by atoms with Crippen molar-refractivity contribution in [3.8, 4) is 34.1 Å². The van der Waals surface area contributed by atoms with Crippen molar-refractivity contribution in [2.24, 2.45) is 0 Å². The van der Waals surface area contributed by atoms with Gasteiger partial charge in [-0.25, -0.2) is 0 Å². The molecule has 0 radical (unpaired) electrons. The molecule has 0 bridgehead atoms. The Morgan fingerprint density at radius 1 is 0.765 bits per heavy atom. The number of hydrogen-bond donors (Lipinski definition) is 0. The molecule has 1 atom stereocenters. The average molecular weight is 453 g/mol. The molecule has 0 fully saturated rings. The lowest BCUT2D eigenvalue weighted by molar-refractivity contribution is 0.751. The lowest BCUT2D eigenvalue weighted by Gasteiger charge is -2.34. The second-order valence-electron chi connectivity index (χ2n) is 9.31. The van der Waals surface area contributed by atoms with E-state index in [0.29, 0.717) is 0 Å². The first-order valence-electron chi connectivity index (χ1n) is 11.7. The van der Waals surface area contributed by atoms with Gasteiger partial charge in [0.25, 0.3) is 0 Å². The lowest BCUT2D eigenvalue weighted by Crippen LogP contribution is -2.28. The molecular weight excluding hydrogens is 432 g/mol. The van der Waals surface area contributed by atoms with Crippen LogP contribution < -0.4 is 0 Å². The van der Waals surface area contributed by atoms with Crippen LogP contribution in [0, 0.1) is 18.8 Å². The molecule has 0 nitrogen and oxygen atoms in total. The topological polar surface area (TPSA) is 0 Å². The fourth-order valence-corrected chi connectivity index (χ4v) is 6.51. The molecule has 1 spiro atoms. The van der Waals surface area contributed by atoms with Crippen molar-refractivity contribution in [2.45, 2.75) is 18.8 Å². The Morgan fingerprint density at radius 2 is 1.59 bits per heavy atom. The van der Waals surface area contributed by atoms with Crippen LogP contribution in [0.25, 0.3) is 27.8 Å². The van der Waals surface area contributed by atoms with E-state index in [1.165, 1.54) is 55.7 Å². The summed E-state index contributed by atoms with van der Waals surface area (Å²) in [7, 11) is 0. The standard InChI is InChI=1S/C33H21Cl/c1-21-17-18-27-25-11-3-2-4-15-29(25)33(31(27)19-21)30-16-6-5-12-26(30)28-14-8-13-24(32(28)33)22-9-7-10-23(34)20-22/h3,5-14,16-20H,15H2,1H3. The van der Waals surface area contributed by atoms with Crippen molar-refractivity contribution >= 4 is 17.2 Å². The number of fused-ring (bicyclic) bond motifs is 9. The van der Waals surface area contributed by atoms with Crippen molar-refractivity contribution in [1.82, 2.24) is 0 Å². The smallest absolute Gasteiger partial charge is 0.0703 e. The number of aryl methyl sites for hydroxylation is 1. The average Bonchev–Trinajstić information content (AvgIpc) is 3.15. The molecule has 0 saturated heterocycles. The van der Waals surface area contributed by atoms with Crippen LogP contribution in [0.1, 0.15) is 34.2 Å². The fraction of sp³-hybridized carbons (Fsp3) is 0.0909. The maximum absolute atomic E-state index is 6.48. The first-order valence-corrected chi connectivity index (χ1v) is 12.1. The first kappa shape index (κ1) is 19.7. The normalized spacial score (nSPS) is 18.6. The van der Waals surface area contributed by atoms with Gasteiger partial charge >= 0.3 is 0 Å². The van der Waals surface area contributed by atoms with Crippen molar-refractivity contribution < 1.29 is 0 Å². The Kier molecular flexibility index (Phi) is 4.11. The minimum absolute atomic E-state index is 0.370. The summed E-state index contributed by atoms with van der Waals surface area (Å²) in [5, 5.41) is 0.755. The molecule has 1 unspecified atom stereocenters. The van der Waals surface area contributed by atoms with Crippen LogP contribution in [-0.4, -0.2) is 0 Å². The molecule has 4 aromatic rings. The van der Waals surface area contributed by atoms with E-state index in [9.17, 15) is 0 Å². The Bertz CT molecular complexity index is 1650. The largest absolute Gasteiger partial charge is 0.0940 e. The van der Waals surface area contributed by atoms with Crippen molar-refractivity contribution in [3.05, 3.63) is 135 Å². The van der Waals surface area contributed by atoms with Crippen LogP contribution in [0.4, 0.5) is 0 Å². The van der Waals surface area contributed by atoms with Crippen molar-refractivity contribution in [1.29, 1.82) is 0 Å². The molecule has 0 heterocycles. The quantitative estimate of drug-likeness (QED) is 0.254. The minimum Gasteiger partial charge on any atom is -0.0940 e. The Balaban J connectivity index is 1.69. The number of hydrogen-bond acceptors (Lipinski definition) is 0. The molecular formula is C33H21Cl. The number of allylic oxidation sites excluding steroid dienone is 4. The van der Waals surface area contributed by atoms with E-state index in [0.717, 1.165) is 17.0 Å². The summed E-state index contributed by atoms with van der Waals surface area (Å²) >= 11 is 6.48. The predicted octanol–water partition coefficient (Wildman–Crippen LogP) is 8.36. The van der Waals surface area contributed by atoms with E-state index >= 15 is 0 Å². The van der Waals surface area contributed by atoms with Gasteiger partial charge in [-0.2, -0.15) is 0 Å². The predicted molar refractivity (Wildman–Crippen MR) is 142 cm³/mol. The SMILES string of the molecule is Cc1ccc2c(c1)C1(C3=C2C=CC#CC3)c2ccccc2-c2cccc(-c3cccc(Cl)c3)c21. The van der Waals surface area contributed by atoms with E-state index in [1.807, 2.05) is 18.2 Å². The van der Waals surface area contributed by atoms with Crippen LogP contribution in [0.15, 0.2) is 103 Å². The van der Waals surface area contributed by atoms with Crippen molar-refractivity contribution in [2.75, 3.05) is 0 Å². The van der Waals surface area contributed by atoms with Gasteiger partial charge in [0, 0.05) is 11.4 Å². The van der Waals surface area contributed by atoms with Gasteiger partial charge in [0.2, 0.25) is 0 Å². The van der Waals surface area contributed by atoms with Gasteiger partial charge in [-0.05, 0) is 86.9 Å². The Labute approximate surface area is 205 Å². The van der Waals surface area contributed by atoms with Crippen LogP contribution in [0.2, 0.25) is 5.02 Å². The molecule has 4 aromatic carbocycles. The van der Waals surface area contributed by atoms with E-state index in [2.05, 4.69) is 97.6 Å². The van der Waals surface area contributed by atoms with Gasteiger partial charge in [-0.1, -0.05) is 102 Å². The zero-order valence-corrected chi connectivity index (χ0v) is 19.6. The van der Waals surface area contributed by atoms with Gasteiger partial charge in [0.1, 0.15) is 0 Å². The number of halogens is 1. The highest BCUT2D eigenvalue weighted by molar-refractivity contribution is 6.30. The summed E-state index contributed by atoms with van der Waals surface area (Å²) in [5.41, 5.74) is 14.0.